The number of thioether (sulfide) groups is 1. The van der Waals surface area contributed by atoms with Crippen LogP contribution in [-0.2, 0) is 9.47 Å². The summed E-state index contributed by atoms with van der Waals surface area (Å²) in [7, 11) is 0. The van der Waals surface area contributed by atoms with Gasteiger partial charge in [-0.2, -0.15) is 0 Å². The van der Waals surface area contributed by atoms with Crippen molar-refractivity contribution in [2.24, 2.45) is 0 Å². The van der Waals surface area contributed by atoms with Crippen molar-refractivity contribution in [2.45, 2.75) is 29.4 Å². The first-order valence-electron chi connectivity index (χ1n) is 8.54. The van der Waals surface area contributed by atoms with Crippen molar-refractivity contribution < 1.29 is 18.7 Å². The zero-order chi connectivity index (χ0) is 19.9. The molecule has 2 aliphatic rings. The molecule has 148 valence electrons. The molecule has 7 nitrogen and oxygen atoms in total. The molecule has 0 bridgehead atoms. The fourth-order valence-electron chi connectivity index (χ4n) is 3.52. The van der Waals surface area contributed by atoms with Crippen molar-refractivity contribution >= 4 is 40.3 Å². The Labute approximate surface area is 176 Å². The third-order valence-electron chi connectivity index (χ3n) is 4.94. The molecule has 0 saturated carbocycles. The lowest BCUT2D eigenvalue weighted by molar-refractivity contribution is -0.170. The van der Waals surface area contributed by atoms with Crippen LogP contribution in [0.25, 0.3) is 0 Å². The molecule has 0 radical (unpaired) electrons. The second-order valence-corrected chi connectivity index (χ2v) is 8.83. The summed E-state index contributed by atoms with van der Waals surface area (Å²) in [5, 5.41) is 0. The molecule has 10 heteroatoms. The average molecular weight is 518 g/mol. The van der Waals surface area contributed by atoms with Gasteiger partial charge in [0.05, 0.1) is 9.99 Å². The van der Waals surface area contributed by atoms with E-state index >= 15 is 4.39 Å². The number of carbonyl (C=O) groups is 1. The molecule has 28 heavy (non-hydrogen) atoms. The summed E-state index contributed by atoms with van der Waals surface area (Å²) in [5.41, 5.74) is -0.945. The van der Waals surface area contributed by atoms with E-state index < -0.39 is 40.2 Å². The highest BCUT2D eigenvalue weighted by Gasteiger charge is 2.70. The van der Waals surface area contributed by atoms with E-state index in [1.54, 1.807) is 30.3 Å². The molecule has 1 aromatic carbocycles. The van der Waals surface area contributed by atoms with Gasteiger partial charge in [-0.15, -0.1) is 11.8 Å². The number of carbonyl (C=O) groups excluding carboxylic acids is 1. The van der Waals surface area contributed by atoms with Gasteiger partial charge in [0.1, 0.15) is 4.75 Å². The van der Waals surface area contributed by atoms with Crippen LogP contribution in [0.1, 0.15) is 23.0 Å². The number of esters is 1. The highest BCUT2D eigenvalue weighted by atomic mass is 127. The molecule has 3 heterocycles. The number of H-pyrrole nitrogens is 1. The first-order chi connectivity index (χ1) is 13.4. The number of aromatic amines is 1. The van der Waals surface area contributed by atoms with Gasteiger partial charge in [0.2, 0.25) is 0 Å². The molecular formula is C18H16FIN2O5S. The number of rotatable bonds is 4. The van der Waals surface area contributed by atoms with Crippen molar-refractivity contribution in [1.29, 1.82) is 0 Å². The zero-order valence-corrected chi connectivity index (χ0v) is 17.4. The lowest BCUT2D eigenvalue weighted by Crippen LogP contribution is -2.55. The lowest BCUT2D eigenvalue weighted by atomic mass is 9.93. The number of ether oxygens (including phenoxy) is 2. The van der Waals surface area contributed by atoms with E-state index in [1.165, 1.54) is 24.0 Å². The summed E-state index contributed by atoms with van der Waals surface area (Å²) < 4.78 is 27.2. The topological polar surface area (TPSA) is 90.4 Å². The Hall–Kier alpha value is -1.66. The maximum absolute atomic E-state index is 15.7. The average Bonchev–Trinajstić information content (AvgIpc) is 2.92. The van der Waals surface area contributed by atoms with Crippen LogP contribution in [0.5, 0.6) is 0 Å². The molecule has 2 aromatic rings. The number of nitrogens with zero attached hydrogens (tertiary/aromatic N) is 1. The minimum absolute atomic E-state index is 0.0889. The molecule has 2 aliphatic heterocycles. The molecule has 0 amide bonds. The molecule has 1 spiro atoms. The van der Waals surface area contributed by atoms with E-state index in [-0.39, 0.29) is 4.43 Å². The molecule has 4 atom stereocenters. The quantitative estimate of drug-likeness (QED) is 0.380. The Balaban J connectivity index is 1.73. The summed E-state index contributed by atoms with van der Waals surface area (Å²) in [6.45, 7) is 0. The van der Waals surface area contributed by atoms with E-state index in [0.717, 1.165) is 4.57 Å². The van der Waals surface area contributed by atoms with Crippen LogP contribution in [0.4, 0.5) is 4.39 Å². The van der Waals surface area contributed by atoms with Gasteiger partial charge >= 0.3 is 11.7 Å². The van der Waals surface area contributed by atoms with Crippen molar-refractivity contribution in [1.82, 2.24) is 9.55 Å². The highest BCUT2D eigenvalue weighted by Crippen LogP contribution is 2.61. The number of halogens is 2. The summed E-state index contributed by atoms with van der Waals surface area (Å²) in [5.74, 6) is -2.20. The van der Waals surface area contributed by atoms with Gasteiger partial charge in [-0.1, -0.05) is 40.8 Å². The number of hydrogen-bond acceptors (Lipinski definition) is 6. The van der Waals surface area contributed by atoms with Crippen LogP contribution < -0.4 is 11.2 Å². The van der Waals surface area contributed by atoms with Crippen LogP contribution >= 0.6 is 34.4 Å². The summed E-state index contributed by atoms with van der Waals surface area (Å²) in [6.07, 6.45) is -0.430. The number of hydrogen-bond donors (Lipinski definition) is 1. The van der Waals surface area contributed by atoms with E-state index in [0.29, 0.717) is 17.7 Å². The van der Waals surface area contributed by atoms with E-state index in [9.17, 15) is 14.4 Å². The standard InChI is InChI=1S/C18H16FIN2O5S/c19-18(10-20)14(26-13(24)11-4-2-1-3-5-11)17(7-9-28-17)15(27-18)22-8-6-12(23)21-16(22)25/h1-6,8,14-15H,7,9-10H2,(H,21,23,25). The third kappa shape index (κ3) is 3.11. The van der Waals surface area contributed by atoms with Crippen LogP contribution in [0.3, 0.4) is 0 Å². The second-order valence-electron chi connectivity index (χ2n) is 6.61. The number of alkyl halides is 2. The van der Waals surface area contributed by atoms with Gasteiger partial charge in [0.25, 0.3) is 11.4 Å². The van der Waals surface area contributed by atoms with Crippen LogP contribution in [0.2, 0.25) is 0 Å². The first-order valence-corrected chi connectivity index (χ1v) is 11.0. The zero-order valence-electron chi connectivity index (χ0n) is 14.5. The maximum Gasteiger partial charge on any atom is 0.338 e. The number of benzene rings is 1. The summed E-state index contributed by atoms with van der Waals surface area (Å²) >= 11 is 3.23. The molecular weight excluding hydrogens is 502 g/mol. The first kappa shape index (κ1) is 19.6. The summed E-state index contributed by atoms with van der Waals surface area (Å²) in [4.78, 5) is 38.5. The third-order valence-corrected chi connectivity index (χ3v) is 7.55. The van der Waals surface area contributed by atoms with Crippen molar-refractivity contribution in [3.63, 3.8) is 0 Å². The molecule has 2 saturated heterocycles. The smallest absolute Gasteiger partial charge is 0.338 e. The Morgan fingerprint density at radius 3 is 2.64 bits per heavy atom. The molecule has 1 aromatic heterocycles. The Morgan fingerprint density at radius 2 is 2.07 bits per heavy atom. The Morgan fingerprint density at radius 1 is 1.36 bits per heavy atom. The number of nitrogens with one attached hydrogen (secondary N) is 1. The van der Waals surface area contributed by atoms with E-state index in [4.69, 9.17) is 9.47 Å². The SMILES string of the molecule is O=C(OC1C(F)(CI)OC(n2ccc(=O)[nH]c2=O)C12CCS2)c1ccccc1. The molecule has 2 fully saturated rings. The molecule has 1 N–H and O–H groups in total. The minimum Gasteiger partial charge on any atom is -0.451 e. The monoisotopic (exact) mass is 518 g/mol. The molecule has 4 unspecified atom stereocenters. The van der Waals surface area contributed by atoms with Crippen LogP contribution in [-0.4, -0.2) is 42.4 Å². The fraction of sp³-hybridized carbons (Fsp3) is 0.389. The maximum atomic E-state index is 15.7. The predicted molar refractivity (Wildman–Crippen MR) is 110 cm³/mol. The largest absolute Gasteiger partial charge is 0.451 e. The van der Waals surface area contributed by atoms with E-state index in [2.05, 4.69) is 4.98 Å². The lowest BCUT2D eigenvalue weighted by Gasteiger charge is -2.44. The molecule has 0 aliphatic carbocycles. The van der Waals surface area contributed by atoms with Gasteiger partial charge in [0, 0.05) is 12.3 Å². The Bertz CT molecular complexity index is 1010. The minimum atomic E-state index is -2.27. The van der Waals surface area contributed by atoms with Gasteiger partial charge in [0.15, 0.2) is 12.3 Å². The Kier molecular flexibility index (Phi) is 5.12. The molecule has 4 rings (SSSR count). The van der Waals surface area contributed by atoms with Crippen molar-refractivity contribution in [3.8, 4) is 0 Å². The second kappa shape index (κ2) is 7.30. The fourth-order valence-corrected chi connectivity index (χ4v) is 5.46. The van der Waals surface area contributed by atoms with Gasteiger partial charge in [-0.25, -0.2) is 14.0 Å². The van der Waals surface area contributed by atoms with Crippen molar-refractivity contribution in [3.05, 3.63) is 69.0 Å². The highest BCUT2D eigenvalue weighted by molar-refractivity contribution is 14.1. The van der Waals surface area contributed by atoms with Gasteiger partial charge in [-0.05, 0) is 24.3 Å². The number of aromatic nitrogens is 2. The van der Waals surface area contributed by atoms with E-state index in [1.807, 2.05) is 22.6 Å². The summed E-state index contributed by atoms with van der Waals surface area (Å²) in [6, 6.07) is 9.51. The predicted octanol–water partition coefficient (Wildman–Crippen LogP) is 2.27. The van der Waals surface area contributed by atoms with Gasteiger partial charge < -0.3 is 9.47 Å². The van der Waals surface area contributed by atoms with Crippen LogP contribution in [0.15, 0.2) is 52.2 Å². The van der Waals surface area contributed by atoms with Crippen molar-refractivity contribution in [2.75, 3.05) is 10.2 Å². The van der Waals surface area contributed by atoms with Crippen LogP contribution in [0, 0.1) is 0 Å². The van der Waals surface area contributed by atoms with Gasteiger partial charge in [-0.3, -0.25) is 14.3 Å². The normalized spacial score (nSPS) is 31.5.